The number of rotatable bonds is 8. The standard InChI is InChI=1S/C21H25N5OS/c1-4-26-19(13-22-18-11-10-15(2)12-16(18)3)24-25-21(26)28-14-20(27)23-17-8-6-5-7-9-17/h5-12,22H,4,13-14H2,1-3H3,(H,23,27). The number of carbonyl (C=O) groups is 1. The van der Waals surface area contributed by atoms with Gasteiger partial charge in [-0.3, -0.25) is 4.79 Å². The van der Waals surface area contributed by atoms with Crippen LogP contribution in [0.2, 0.25) is 0 Å². The summed E-state index contributed by atoms with van der Waals surface area (Å²) in [5.74, 6) is 1.09. The number of nitrogens with zero attached hydrogens (tertiary/aromatic N) is 3. The zero-order chi connectivity index (χ0) is 19.9. The van der Waals surface area contributed by atoms with Gasteiger partial charge in [0, 0.05) is 17.9 Å². The van der Waals surface area contributed by atoms with Crippen LogP contribution in [0.4, 0.5) is 11.4 Å². The van der Waals surface area contributed by atoms with Gasteiger partial charge in [-0.1, -0.05) is 47.7 Å². The van der Waals surface area contributed by atoms with Crippen molar-refractivity contribution in [2.75, 3.05) is 16.4 Å². The first kappa shape index (κ1) is 19.9. The van der Waals surface area contributed by atoms with Crippen molar-refractivity contribution in [3.05, 3.63) is 65.5 Å². The second kappa shape index (κ2) is 9.41. The fourth-order valence-electron chi connectivity index (χ4n) is 2.91. The molecule has 0 unspecified atom stereocenters. The Morgan fingerprint density at radius 3 is 2.61 bits per heavy atom. The first-order valence-corrected chi connectivity index (χ1v) is 10.3. The van der Waals surface area contributed by atoms with E-state index in [0.29, 0.717) is 6.54 Å². The highest BCUT2D eigenvalue weighted by Gasteiger charge is 2.13. The van der Waals surface area contributed by atoms with Crippen LogP contribution in [0.5, 0.6) is 0 Å². The van der Waals surface area contributed by atoms with Crippen molar-refractivity contribution in [3.8, 4) is 0 Å². The van der Waals surface area contributed by atoms with Crippen molar-refractivity contribution in [1.29, 1.82) is 0 Å². The number of anilines is 2. The molecule has 3 aromatic rings. The first-order chi connectivity index (χ1) is 13.6. The molecule has 1 amide bonds. The van der Waals surface area contributed by atoms with Crippen LogP contribution >= 0.6 is 11.8 Å². The summed E-state index contributed by atoms with van der Waals surface area (Å²) >= 11 is 1.40. The molecule has 0 fully saturated rings. The van der Waals surface area contributed by atoms with Crippen LogP contribution in [0, 0.1) is 13.8 Å². The minimum atomic E-state index is -0.0585. The quantitative estimate of drug-likeness (QED) is 0.558. The number of aromatic nitrogens is 3. The van der Waals surface area contributed by atoms with E-state index < -0.39 is 0 Å². The fraction of sp³-hybridized carbons (Fsp3) is 0.286. The molecule has 7 heteroatoms. The van der Waals surface area contributed by atoms with Crippen molar-refractivity contribution in [1.82, 2.24) is 14.8 Å². The Labute approximate surface area is 169 Å². The molecule has 6 nitrogen and oxygen atoms in total. The number of carbonyl (C=O) groups excluding carboxylic acids is 1. The summed E-state index contributed by atoms with van der Waals surface area (Å²) in [6.45, 7) is 7.56. The van der Waals surface area contributed by atoms with Gasteiger partial charge in [0.2, 0.25) is 5.91 Å². The van der Waals surface area contributed by atoms with Crippen molar-refractivity contribution >= 4 is 29.0 Å². The normalized spacial score (nSPS) is 10.7. The molecule has 146 valence electrons. The summed E-state index contributed by atoms with van der Waals surface area (Å²) in [5, 5.41) is 15.6. The van der Waals surface area contributed by atoms with E-state index in [0.717, 1.165) is 28.9 Å². The lowest BCUT2D eigenvalue weighted by Gasteiger charge is -2.11. The molecular formula is C21H25N5OS. The summed E-state index contributed by atoms with van der Waals surface area (Å²) in [7, 11) is 0. The van der Waals surface area contributed by atoms with Gasteiger partial charge < -0.3 is 15.2 Å². The van der Waals surface area contributed by atoms with E-state index in [2.05, 4.69) is 59.8 Å². The van der Waals surface area contributed by atoms with Gasteiger partial charge in [-0.05, 0) is 44.5 Å². The number of para-hydroxylation sites is 1. The molecule has 1 aromatic heterocycles. The Morgan fingerprint density at radius 1 is 1.11 bits per heavy atom. The lowest BCUT2D eigenvalue weighted by atomic mass is 10.1. The monoisotopic (exact) mass is 395 g/mol. The molecule has 2 aromatic carbocycles. The van der Waals surface area contributed by atoms with Gasteiger partial charge in [-0.25, -0.2) is 0 Å². The molecular weight excluding hydrogens is 370 g/mol. The first-order valence-electron chi connectivity index (χ1n) is 9.27. The molecule has 28 heavy (non-hydrogen) atoms. The Bertz CT molecular complexity index is 939. The Hall–Kier alpha value is -2.80. The predicted octanol–water partition coefficient (Wildman–Crippen LogP) is 4.26. The molecule has 2 N–H and O–H groups in total. The number of benzene rings is 2. The van der Waals surface area contributed by atoms with Crippen molar-refractivity contribution in [2.45, 2.75) is 39.0 Å². The highest BCUT2D eigenvalue weighted by Crippen LogP contribution is 2.20. The highest BCUT2D eigenvalue weighted by molar-refractivity contribution is 7.99. The van der Waals surface area contributed by atoms with E-state index in [1.807, 2.05) is 34.9 Å². The Morgan fingerprint density at radius 2 is 1.89 bits per heavy atom. The zero-order valence-corrected chi connectivity index (χ0v) is 17.2. The van der Waals surface area contributed by atoms with Crippen LogP contribution in [0.3, 0.4) is 0 Å². The van der Waals surface area contributed by atoms with E-state index in [4.69, 9.17) is 0 Å². The third-order valence-electron chi connectivity index (χ3n) is 4.32. The minimum Gasteiger partial charge on any atom is -0.378 e. The average molecular weight is 396 g/mol. The number of nitrogens with one attached hydrogen (secondary N) is 2. The fourth-order valence-corrected chi connectivity index (χ4v) is 3.73. The Balaban J connectivity index is 1.59. The summed E-state index contributed by atoms with van der Waals surface area (Å²) in [6.07, 6.45) is 0. The number of aryl methyl sites for hydroxylation is 2. The third-order valence-corrected chi connectivity index (χ3v) is 5.29. The maximum absolute atomic E-state index is 12.2. The van der Waals surface area contributed by atoms with Gasteiger partial charge in [0.15, 0.2) is 11.0 Å². The SMILES string of the molecule is CCn1c(CNc2ccc(C)cc2C)nnc1SCC(=O)Nc1ccccc1. The van der Waals surface area contributed by atoms with Crippen molar-refractivity contribution in [2.24, 2.45) is 0 Å². The molecule has 0 aliphatic carbocycles. The maximum atomic E-state index is 12.2. The number of hydrogen-bond donors (Lipinski definition) is 2. The van der Waals surface area contributed by atoms with Gasteiger partial charge in [-0.15, -0.1) is 10.2 Å². The number of thioether (sulfide) groups is 1. The van der Waals surface area contributed by atoms with Crippen molar-refractivity contribution in [3.63, 3.8) is 0 Å². The van der Waals surface area contributed by atoms with E-state index in [1.165, 1.54) is 22.9 Å². The second-order valence-electron chi connectivity index (χ2n) is 6.52. The molecule has 0 saturated carbocycles. The summed E-state index contributed by atoms with van der Waals surface area (Å²) in [4.78, 5) is 12.2. The highest BCUT2D eigenvalue weighted by atomic mass is 32.2. The van der Waals surface area contributed by atoms with E-state index in [1.54, 1.807) is 0 Å². The largest absolute Gasteiger partial charge is 0.378 e. The van der Waals surface area contributed by atoms with Crippen LogP contribution in [0.1, 0.15) is 23.9 Å². The molecule has 1 heterocycles. The third kappa shape index (κ3) is 5.13. The smallest absolute Gasteiger partial charge is 0.234 e. The van der Waals surface area contributed by atoms with Crippen LogP contribution in [-0.4, -0.2) is 26.4 Å². The van der Waals surface area contributed by atoms with Gasteiger partial charge in [-0.2, -0.15) is 0 Å². The molecule has 0 aliphatic rings. The average Bonchev–Trinajstić information content (AvgIpc) is 3.08. The maximum Gasteiger partial charge on any atom is 0.234 e. The van der Waals surface area contributed by atoms with E-state index >= 15 is 0 Å². The minimum absolute atomic E-state index is 0.0585. The molecule has 0 spiro atoms. The van der Waals surface area contributed by atoms with Gasteiger partial charge >= 0.3 is 0 Å². The summed E-state index contributed by atoms with van der Waals surface area (Å²) in [6, 6.07) is 15.8. The Kier molecular flexibility index (Phi) is 6.71. The van der Waals surface area contributed by atoms with Gasteiger partial charge in [0.25, 0.3) is 0 Å². The molecule has 0 saturated heterocycles. The topological polar surface area (TPSA) is 71.8 Å². The van der Waals surface area contributed by atoms with Gasteiger partial charge in [0.05, 0.1) is 12.3 Å². The van der Waals surface area contributed by atoms with Gasteiger partial charge in [0.1, 0.15) is 0 Å². The summed E-state index contributed by atoms with van der Waals surface area (Å²) in [5.41, 5.74) is 4.33. The van der Waals surface area contributed by atoms with Crippen LogP contribution in [0.15, 0.2) is 53.7 Å². The van der Waals surface area contributed by atoms with E-state index in [9.17, 15) is 4.79 Å². The van der Waals surface area contributed by atoms with Crippen LogP contribution in [-0.2, 0) is 17.9 Å². The molecule has 3 rings (SSSR count). The molecule has 0 radical (unpaired) electrons. The lowest BCUT2D eigenvalue weighted by molar-refractivity contribution is -0.113. The van der Waals surface area contributed by atoms with Crippen molar-refractivity contribution < 1.29 is 4.79 Å². The molecule has 0 aliphatic heterocycles. The van der Waals surface area contributed by atoms with Crippen LogP contribution in [0.25, 0.3) is 0 Å². The number of hydrogen-bond acceptors (Lipinski definition) is 5. The second-order valence-corrected chi connectivity index (χ2v) is 7.46. The zero-order valence-electron chi connectivity index (χ0n) is 16.4. The van der Waals surface area contributed by atoms with E-state index in [-0.39, 0.29) is 11.7 Å². The van der Waals surface area contributed by atoms with Crippen LogP contribution < -0.4 is 10.6 Å². The molecule has 0 atom stereocenters. The number of amides is 1. The summed E-state index contributed by atoms with van der Waals surface area (Å²) < 4.78 is 2.04. The lowest BCUT2D eigenvalue weighted by Crippen LogP contribution is -2.15. The predicted molar refractivity (Wildman–Crippen MR) is 115 cm³/mol. The molecule has 0 bridgehead atoms.